The summed E-state index contributed by atoms with van der Waals surface area (Å²) in [5.41, 5.74) is 4.04. The molecule has 0 fully saturated rings. The summed E-state index contributed by atoms with van der Waals surface area (Å²) in [6.45, 7) is 4.07. The van der Waals surface area contributed by atoms with Crippen LogP contribution in [0.2, 0.25) is 0 Å². The molecule has 0 radical (unpaired) electrons. The fraction of sp³-hybridized carbons (Fsp3) is 0.400. The molecule has 3 aromatic heterocycles. The van der Waals surface area contributed by atoms with E-state index < -0.39 is 12.1 Å². The molecule has 0 aliphatic rings. The maximum absolute atomic E-state index is 10.6. The molecule has 0 spiro atoms. The van der Waals surface area contributed by atoms with Gasteiger partial charge < -0.3 is 14.2 Å². The van der Waals surface area contributed by atoms with Gasteiger partial charge in [-0.2, -0.15) is 23.3 Å². The molecule has 3 heterocycles. The monoisotopic (exact) mass is 386 g/mol. The second kappa shape index (κ2) is 8.01. The van der Waals surface area contributed by atoms with E-state index in [1.54, 1.807) is 6.33 Å². The van der Waals surface area contributed by atoms with Gasteiger partial charge in [0.2, 0.25) is 11.7 Å². The number of nitrogens with zero attached hydrogens (tertiary/aromatic N) is 5. The molecule has 0 saturated carbocycles. The van der Waals surface area contributed by atoms with Crippen LogP contribution in [0, 0.1) is 13.8 Å². The van der Waals surface area contributed by atoms with Crippen LogP contribution in [0.5, 0.6) is 0 Å². The Bertz CT molecular complexity index is 912. The van der Waals surface area contributed by atoms with Crippen molar-refractivity contribution >= 4 is 5.97 Å². The molecule has 146 valence electrons. The molecule has 0 aromatic carbocycles. The fourth-order valence-corrected chi connectivity index (χ4v) is 1.99. The maximum atomic E-state index is 10.6. The SMILES string of the molecule is Cc1[nH]nc(CCc2nc(-c3cn(C)cn3)no2)c1C.O=C(O)C(F)(F)F. The van der Waals surface area contributed by atoms with E-state index in [1.807, 2.05) is 24.7 Å². The van der Waals surface area contributed by atoms with Crippen molar-refractivity contribution in [2.45, 2.75) is 32.9 Å². The molecule has 0 atom stereocenters. The van der Waals surface area contributed by atoms with Gasteiger partial charge in [-0.25, -0.2) is 9.78 Å². The molecular weight excluding hydrogens is 369 g/mol. The van der Waals surface area contributed by atoms with Crippen LogP contribution in [0.15, 0.2) is 17.0 Å². The van der Waals surface area contributed by atoms with Gasteiger partial charge in [-0.3, -0.25) is 5.10 Å². The molecular formula is C15H17F3N6O3. The van der Waals surface area contributed by atoms with E-state index in [4.69, 9.17) is 14.4 Å². The van der Waals surface area contributed by atoms with E-state index in [0.717, 1.165) is 17.8 Å². The van der Waals surface area contributed by atoms with Crippen LogP contribution in [0.25, 0.3) is 11.5 Å². The fourth-order valence-electron chi connectivity index (χ4n) is 1.99. The Labute approximate surface area is 151 Å². The first kappa shape index (κ1) is 20.1. The highest BCUT2D eigenvalue weighted by Gasteiger charge is 2.38. The van der Waals surface area contributed by atoms with Crippen molar-refractivity contribution in [2.75, 3.05) is 0 Å². The molecule has 27 heavy (non-hydrogen) atoms. The number of aromatic amines is 1. The van der Waals surface area contributed by atoms with Crippen molar-refractivity contribution in [3.63, 3.8) is 0 Å². The lowest BCUT2D eigenvalue weighted by Crippen LogP contribution is -2.21. The zero-order chi connectivity index (χ0) is 20.2. The number of H-pyrrole nitrogens is 1. The summed E-state index contributed by atoms with van der Waals surface area (Å²) in [7, 11) is 1.90. The number of hydrogen-bond acceptors (Lipinski definition) is 6. The number of hydrogen-bond donors (Lipinski definition) is 2. The Morgan fingerprint density at radius 1 is 1.33 bits per heavy atom. The minimum Gasteiger partial charge on any atom is -0.475 e. The quantitative estimate of drug-likeness (QED) is 0.705. The zero-order valence-electron chi connectivity index (χ0n) is 14.7. The Balaban J connectivity index is 0.000000321. The third kappa shape index (κ3) is 5.39. The van der Waals surface area contributed by atoms with E-state index in [2.05, 4.69) is 32.2 Å². The second-order valence-corrected chi connectivity index (χ2v) is 5.66. The number of alkyl halides is 3. The number of carboxylic acids is 1. The Hall–Kier alpha value is -3.18. The lowest BCUT2D eigenvalue weighted by Gasteiger charge is -1.94. The molecule has 2 N–H and O–H groups in total. The minimum absolute atomic E-state index is 0.524. The topological polar surface area (TPSA) is 123 Å². The average Bonchev–Trinajstić information content (AvgIpc) is 3.28. The number of aliphatic carboxylic acids is 1. The van der Waals surface area contributed by atoms with Crippen LogP contribution in [-0.2, 0) is 24.7 Å². The molecule has 0 aliphatic heterocycles. The number of aryl methyl sites for hydroxylation is 4. The highest BCUT2D eigenvalue weighted by molar-refractivity contribution is 5.73. The highest BCUT2D eigenvalue weighted by atomic mass is 19.4. The number of carboxylic acid groups (broad SMARTS) is 1. The maximum Gasteiger partial charge on any atom is 0.490 e. The van der Waals surface area contributed by atoms with Crippen LogP contribution in [0.3, 0.4) is 0 Å². The summed E-state index contributed by atoms with van der Waals surface area (Å²) in [6, 6.07) is 0. The smallest absolute Gasteiger partial charge is 0.475 e. The molecule has 12 heteroatoms. The minimum atomic E-state index is -5.08. The van der Waals surface area contributed by atoms with E-state index >= 15 is 0 Å². The number of halogens is 3. The summed E-state index contributed by atoms with van der Waals surface area (Å²) in [6.07, 6.45) is -0.0674. The number of rotatable bonds is 4. The van der Waals surface area contributed by atoms with E-state index in [9.17, 15) is 13.2 Å². The van der Waals surface area contributed by atoms with Crippen LogP contribution in [0.1, 0.15) is 22.8 Å². The molecule has 0 amide bonds. The molecule has 3 aromatic rings. The predicted octanol–water partition coefficient (Wildman–Crippen LogP) is 2.23. The van der Waals surface area contributed by atoms with Crippen LogP contribution in [-0.4, -0.2) is 47.1 Å². The van der Waals surface area contributed by atoms with Gasteiger partial charge in [0.15, 0.2) is 0 Å². The van der Waals surface area contributed by atoms with Crippen molar-refractivity contribution in [1.82, 2.24) is 29.9 Å². The summed E-state index contributed by atoms with van der Waals surface area (Å²) in [5.74, 6) is -1.63. The number of imidazole rings is 1. The van der Waals surface area contributed by atoms with Gasteiger partial charge in [0, 0.05) is 31.8 Å². The average molecular weight is 386 g/mol. The zero-order valence-corrected chi connectivity index (χ0v) is 14.7. The largest absolute Gasteiger partial charge is 0.490 e. The Kier molecular flexibility index (Phi) is 5.98. The molecule has 9 nitrogen and oxygen atoms in total. The molecule has 0 unspecified atom stereocenters. The summed E-state index contributed by atoms with van der Waals surface area (Å²) < 4.78 is 38.8. The first-order chi connectivity index (χ1) is 12.6. The first-order valence-corrected chi connectivity index (χ1v) is 7.69. The second-order valence-electron chi connectivity index (χ2n) is 5.66. The summed E-state index contributed by atoms with van der Waals surface area (Å²) in [4.78, 5) is 17.4. The van der Waals surface area contributed by atoms with Gasteiger partial charge in [0.05, 0.1) is 12.0 Å². The van der Waals surface area contributed by atoms with Gasteiger partial charge in [0.25, 0.3) is 0 Å². The van der Waals surface area contributed by atoms with Gasteiger partial charge in [-0.1, -0.05) is 5.16 Å². The third-order valence-corrected chi connectivity index (χ3v) is 3.57. The van der Waals surface area contributed by atoms with Crippen molar-refractivity contribution in [1.29, 1.82) is 0 Å². The van der Waals surface area contributed by atoms with E-state index in [-0.39, 0.29) is 0 Å². The molecule has 3 rings (SSSR count). The Morgan fingerprint density at radius 3 is 2.48 bits per heavy atom. The number of aromatic nitrogens is 6. The van der Waals surface area contributed by atoms with Gasteiger partial charge >= 0.3 is 12.1 Å². The van der Waals surface area contributed by atoms with Gasteiger partial charge in [-0.05, 0) is 19.4 Å². The van der Waals surface area contributed by atoms with Crippen molar-refractivity contribution in [2.24, 2.45) is 7.05 Å². The lowest BCUT2D eigenvalue weighted by atomic mass is 10.1. The van der Waals surface area contributed by atoms with E-state index in [0.29, 0.717) is 23.8 Å². The molecule has 0 saturated heterocycles. The molecule has 0 bridgehead atoms. The lowest BCUT2D eigenvalue weighted by molar-refractivity contribution is -0.192. The number of carbonyl (C=O) groups is 1. The number of nitrogens with one attached hydrogen (secondary N) is 1. The third-order valence-electron chi connectivity index (χ3n) is 3.57. The normalized spacial score (nSPS) is 11.2. The first-order valence-electron chi connectivity index (χ1n) is 7.69. The van der Waals surface area contributed by atoms with Crippen LogP contribution < -0.4 is 0 Å². The Morgan fingerprint density at radius 2 is 2.00 bits per heavy atom. The van der Waals surface area contributed by atoms with Crippen molar-refractivity contribution in [3.8, 4) is 11.5 Å². The summed E-state index contributed by atoms with van der Waals surface area (Å²) >= 11 is 0. The molecule has 0 aliphatic carbocycles. The van der Waals surface area contributed by atoms with Crippen LogP contribution in [0.4, 0.5) is 13.2 Å². The van der Waals surface area contributed by atoms with E-state index in [1.165, 1.54) is 5.56 Å². The van der Waals surface area contributed by atoms with Crippen molar-refractivity contribution < 1.29 is 27.6 Å². The predicted molar refractivity (Wildman–Crippen MR) is 85.7 cm³/mol. The summed E-state index contributed by atoms with van der Waals surface area (Å²) in [5, 5.41) is 18.3. The van der Waals surface area contributed by atoms with Crippen LogP contribution >= 0.6 is 0 Å². The van der Waals surface area contributed by atoms with Crippen molar-refractivity contribution in [3.05, 3.63) is 35.4 Å². The van der Waals surface area contributed by atoms with Gasteiger partial charge in [0.1, 0.15) is 5.69 Å². The van der Waals surface area contributed by atoms with Gasteiger partial charge in [-0.15, -0.1) is 0 Å². The standard InChI is InChI=1S/C13H16N6O.C2HF3O2/c1-8-9(2)16-17-10(8)4-5-12-15-13(18-20-12)11-6-19(3)7-14-11;3-2(4,5)1(6)7/h6-7H,4-5H2,1-3H3,(H,16,17);(H,6,7). The highest BCUT2D eigenvalue weighted by Crippen LogP contribution is 2.15.